The van der Waals surface area contributed by atoms with E-state index in [0.717, 1.165) is 0 Å². The van der Waals surface area contributed by atoms with Crippen LogP contribution in [-0.2, 0) is 23.9 Å². The summed E-state index contributed by atoms with van der Waals surface area (Å²) in [6.45, 7) is 11.5. The Morgan fingerprint density at radius 3 is 1.68 bits per heavy atom. The van der Waals surface area contributed by atoms with Crippen LogP contribution in [-0.4, -0.2) is 95.9 Å². The van der Waals surface area contributed by atoms with Gasteiger partial charge >= 0.3 is 11.9 Å². The minimum atomic E-state index is -2.82. The maximum Gasteiger partial charge on any atom is 0.349 e. The Balaban J connectivity index is 7.98. The summed E-state index contributed by atoms with van der Waals surface area (Å²) in [6.07, 6.45) is -3.32. The largest absolute Gasteiger partial charge is 0.478 e. The molecule has 0 aromatic rings. The van der Waals surface area contributed by atoms with E-state index in [2.05, 4.69) is 16.0 Å². The van der Waals surface area contributed by atoms with Crippen LogP contribution in [0.15, 0.2) is 0 Å². The van der Waals surface area contributed by atoms with Gasteiger partial charge in [0.05, 0.1) is 24.3 Å². The van der Waals surface area contributed by atoms with Crippen LogP contribution in [0.3, 0.4) is 0 Å². The fourth-order valence-corrected chi connectivity index (χ4v) is 5.04. The number of carbonyl (C=O) groups is 4. The average molecular weight is 546 g/mol. The number of carbonyl (C=O) groups excluding carboxylic acids is 3. The fraction of sp³-hybridized carbons (Fsp3) is 0.852. The van der Waals surface area contributed by atoms with Crippen LogP contribution in [0.4, 0.5) is 0 Å². The molecule has 0 heterocycles. The lowest BCUT2D eigenvalue weighted by molar-refractivity contribution is -0.209. The number of ether oxygens (including phenoxy) is 1. The first kappa shape index (κ1) is 36.1. The molecule has 0 amide bonds. The van der Waals surface area contributed by atoms with Gasteiger partial charge in [0, 0.05) is 6.42 Å². The third-order valence-electron chi connectivity index (χ3n) is 7.30. The molecule has 0 aliphatic carbocycles. The van der Waals surface area contributed by atoms with Gasteiger partial charge in [-0.1, -0.05) is 34.1 Å². The van der Waals surface area contributed by atoms with Crippen molar-refractivity contribution >= 4 is 23.5 Å². The second kappa shape index (κ2) is 15.6. The third kappa shape index (κ3) is 8.05. The summed E-state index contributed by atoms with van der Waals surface area (Å²) in [5.74, 6) is -4.74. The van der Waals surface area contributed by atoms with E-state index < -0.39 is 77.7 Å². The van der Waals surface area contributed by atoms with Crippen molar-refractivity contribution in [3.63, 3.8) is 0 Å². The first-order valence-electron chi connectivity index (χ1n) is 13.4. The third-order valence-corrected chi connectivity index (χ3v) is 7.30. The van der Waals surface area contributed by atoms with Crippen molar-refractivity contribution in [2.75, 3.05) is 21.1 Å². The number of carboxylic acids is 1. The van der Waals surface area contributed by atoms with E-state index in [1.165, 1.54) is 41.9 Å². The number of Topliss-reactive ketones (excluding diaryl/α,β-unsaturated/α-hetero) is 2. The van der Waals surface area contributed by atoms with Gasteiger partial charge in [-0.2, -0.15) is 0 Å². The standard InChI is InChI=1S/C27H51N3O8/c1-11-16(4)21(30-10)23(34)26(13-17(5)31,22(33)20(29-9)12-15(2)3)27(25(36)37,14-18(6)32)38-24(35)19(7)28-8/h15-21,28-32H,11-14H2,1-10H3,(H,36,37)/t16-,17?,18?,19+,20+,21+,26?,27?/m0/s1. The first-order chi connectivity index (χ1) is 17.5. The number of likely N-dealkylation sites (N-methyl/N-ethyl adjacent to an activating group) is 3. The van der Waals surface area contributed by atoms with Gasteiger partial charge in [0.15, 0.2) is 11.6 Å². The summed E-state index contributed by atoms with van der Waals surface area (Å²) in [5, 5.41) is 40.5. The molecule has 0 aliphatic heterocycles. The minimum absolute atomic E-state index is 0.0201. The zero-order valence-electron chi connectivity index (χ0n) is 24.8. The van der Waals surface area contributed by atoms with Crippen LogP contribution in [0.1, 0.15) is 74.1 Å². The number of hydrogen-bond donors (Lipinski definition) is 6. The summed E-state index contributed by atoms with van der Waals surface area (Å²) in [7, 11) is 4.53. The molecule has 0 aromatic carbocycles. The van der Waals surface area contributed by atoms with Crippen LogP contribution in [0.25, 0.3) is 0 Å². The molecule has 0 spiro atoms. The number of aliphatic carboxylic acids is 1. The number of aliphatic hydroxyl groups is 2. The molecule has 11 nitrogen and oxygen atoms in total. The summed E-state index contributed by atoms with van der Waals surface area (Å²) >= 11 is 0. The Bertz CT molecular complexity index is 803. The van der Waals surface area contributed by atoms with E-state index in [1.807, 2.05) is 20.8 Å². The van der Waals surface area contributed by atoms with Gasteiger partial charge in [-0.15, -0.1) is 0 Å². The van der Waals surface area contributed by atoms with Crippen molar-refractivity contribution in [3.8, 4) is 0 Å². The lowest BCUT2D eigenvalue weighted by atomic mass is 9.57. The monoisotopic (exact) mass is 545 g/mol. The molecule has 0 radical (unpaired) electrons. The molecule has 0 fully saturated rings. The highest BCUT2D eigenvalue weighted by atomic mass is 16.6. The molecule has 38 heavy (non-hydrogen) atoms. The number of nitrogens with one attached hydrogen (secondary N) is 3. The number of aliphatic hydroxyl groups excluding tert-OH is 2. The molecule has 0 aliphatic rings. The SMILES string of the molecule is CC[C@H](C)[C@@H](NC)C(=O)C(CC(C)O)(C(=O)[C@@H](CC(C)C)NC)C(CC(C)O)(OC(=O)[C@@H](C)NC)C(=O)O. The van der Waals surface area contributed by atoms with Gasteiger partial charge in [-0.25, -0.2) is 4.79 Å². The minimum Gasteiger partial charge on any atom is -0.478 e. The summed E-state index contributed by atoms with van der Waals surface area (Å²) < 4.78 is 5.71. The maximum absolute atomic E-state index is 14.7. The highest BCUT2D eigenvalue weighted by molar-refractivity contribution is 6.16. The van der Waals surface area contributed by atoms with Crippen LogP contribution in [0.2, 0.25) is 0 Å². The van der Waals surface area contributed by atoms with Crippen LogP contribution >= 0.6 is 0 Å². The molecule has 0 saturated carbocycles. The van der Waals surface area contributed by atoms with Gasteiger partial charge < -0.3 is 36.0 Å². The molecule has 8 atom stereocenters. The molecular formula is C27H51N3O8. The summed E-state index contributed by atoms with van der Waals surface area (Å²) in [4.78, 5) is 55.7. The van der Waals surface area contributed by atoms with E-state index in [9.17, 15) is 34.5 Å². The number of rotatable bonds is 19. The van der Waals surface area contributed by atoms with Crippen molar-refractivity contribution in [1.82, 2.24) is 16.0 Å². The Labute approximate surface area is 227 Å². The first-order valence-corrected chi connectivity index (χ1v) is 13.4. The smallest absolute Gasteiger partial charge is 0.349 e. The molecule has 0 rings (SSSR count). The second-order valence-corrected chi connectivity index (χ2v) is 10.9. The van der Waals surface area contributed by atoms with Crippen molar-refractivity contribution < 1.29 is 39.2 Å². The molecular weight excluding hydrogens is 494 g/mol. The topological polar surface area (TPSA) is 174 Å². The van der Waals surface area contributed by atoms with E-state index in [4.69, 9.17) is 4.74 Å². The molecule has 11 heteroatoms. The van der Waals surface area contributed by atoms with Crippen LogP contribution in [0.5, 0.6) is 0 Å². The lowest BCUT2D eigenvalue weighted by Gasteiger charge is -2.49. The molecule has 4 unspecified atom stereocenters. The van der Waals surface area contributed by atoms with Crippen molar-refractivity contribution in [1.29, 1.82) is 0 Å². The Morgan fingerprint density at radius 2 is 1.34 bits per heavy atom. The number of carboxylic acid groups (broad SMARTS) is 1. The average Bonchev–Trinajstić information content (AvgIpc) is 2.83. The zero-order valence-corrected chi connectivity index (χ0v) is 24.8. The molecule has 6 N–H and O–H groups in total. The van der Waals surface area contributed by atoms with E-state index >= 15 is 0 Å². The number of hydrogen-bond acceptors (Lipinski definition) is 10. The van der Waals surface area contributed by atoms with E-state index in [-0.39, 0.29) is 18.3 Å². The van der Waals surface area contributed by atoms with Crippen molar-refractivity contribution in [3.05, 3.63) is 0 Å². The molecule has 0 aromatic heterocycles. The van der Waals surface area contributed by atoms with E-state index in [1.54, 1.807) is 6.92 Å². The number of esters is 1. The molecule has 0 bridgehead atoms. The second-order valence-electron chi connectivity index (χ2n) is 10.9. The highest BCUT2D eigenvalue weighted by Crippen LogP contribution is 2.47. The van der Waals surface area contributed by atoms with E-state index in [0.29, 0.717) is 6.42 Å². The maximum atomic E-state index is 14.7. The zero-order chi connectivity index (χ0) is 30.0. The van der Waals surface area contributed by atoms with Gasteiger partial charge in [-0.05, 0) is 66.6 Å². The molecule has 0 saturated heterocycles. The Kier molecular flexibility index (Phi) is 14.8. The van der Waals surface area contributed by atoms with Gasteiger partial charge in [-0.3, -0.25) is 14.4 Å². The number of ketones is 2. The Hall–Kier alpha value is -1.92. The van der Waals surface area contributed by atoms with Gasteiger partial charge in [0.1, 0.15) is 11.5 Å². The summed E-state index contributed by atoms with van der Waals surface area (Å²) in [5.41, 5.74) is -5.37. The van der Waals surface area contributed by atoms with Crippen molar-refractivity contribution in [2.24, 2.45) is 17.3 Å². The van der Waals surface area contributed by atoms with Crippen LogP contribution < -0.4 is 16.0 Å². The predicted octanol–water partition coefficient (Wildman–Crippen LogP) is 0.896. The van der Waals surface area contributed by atoms with Gasteiger partial charge in [0.2, 0.25) is 5.60 Å². The van der Waals surface area contributed by atoms with Gasteiger partial charge in [0.25, 0.3) is 0 Å². The highest BCUT2D eigenvalue weighted by Gasteiger charge is 2.70. The van der Waals surface area contributed by atoms with Crippen LogP contribution in [0, 0.1) is 17.3 Å². The quantitative estimate of drug-likeness (QED) is 0.100. The normalized spacial score (nSPS) is 19.8. The Morgan fingerprint density at radius 1 is 0.816 bits per heavy atom. The predicted molar refractivity (Wildman–Crippen MR) is 145 cm³/mol. The molecule has 222 valence electrons. The fourth-order valence-electron chi connectivity index (χ4n) is 5.04. The summed E-state index contributed by atoms with van der Waals surface area (Å²) in [6, 6.07) is -2.99. The van der Waals surface area contributed by atoms with Crippen molar-refractivity contribution in [2.45, 2.75) is 110 Å². The lowest BCUT2D eigenvalue weighted by Crippen LogP contribution is -2.71.